The number of benzene rings is 1. The first-order valence-corrected chi connectivity index (χ1v) is 6.38. The van der Waals surface area contributed by atoms with E-state index in [1.54, 1.807) is 0 Å². The summed E-state index contributed by atoms with van der Waals surface area (Å²) in [5.74, 6) is 0. The smallest absolute Gasteiger partial charge is 0.0660 e. The van der Waals surface area contributed by atoms with Gasteiger partial charge in [-0.25, -0.2) is 0 Å². The van der Waals surface area contributed by atoms with Crippen LogP contribution < -0.4 is 0 Å². The standard InChI is InChI=1S/C14H21ClO/c1-3-4-5-9-14(2,16)11-12-7-6-8-13(15)10-12/h6-8,10,16H,3-5,9,11H2,1-2H3. The molecular formula is C14H21ClO. The van der Waals surface area contributed by atoms with Crippen LogP contribution in [0.25, 0.3) is 0 Å². The largest absolute Gasteiger partial charge is 0.390 e. The minimum atomic E-state index is -0.611. The van der Waals surface area contributed by atoms with E-state index in [9.17, 15) is 5.11 Å². The molecule has 0 saturated carbocycles. The predicted molar refractivity (Wildman–Crippen MR) is 69.9 cm³/mol. The summed E-state index contributed by atoms with van der Waals surface area (Å²) in [5, 5.41) is 11.0. The highest BCUT2D eigenvalue weighted by atomic mass is 35.5. The van der Waals surface area contributed by atoms with Crippen LogP contribution in [0.5, 0.6) is 0 Å². The van der Waals surface area contributed by atoms with Crippen LogP contribution in [0.15, 0.2) is 24.3 Å². The highest BCUT2D eigenvalue weighted by Gasteiger charge is 2.20. The second-order valence-electron chi connectivity index (χ2n) is 4.76. The van der Waals surface area contributed by atoms with Crippen LogP contribution in [-0.2, 0) is 6.42 Å². The molecule has 1 nitrogen and oxygen atoms in total. The summed E-state index contributed by atoms with van der Waals surface area (Å²) in [6.45, 7) is 4.08. The average molecular weight is 241 g/mol. The van der Waals surface area contributed by atoms with Gasteiger partial charge in [0.05, 0.1) is 5.60 Å². The van der Waals surface area contributed by atoms with Crippen molar-refractivity contribution in [3.63, 3.8) is 0 Å². The van der Waals surface area contributed by atoms with Crippen LogP contribution in [0, 0.1) is 0 Å². The molecular weight excluding hydrogens is 220 g/mol. The van der Waals surface area contributed by atoms with Crippen LogP contribution in [0.1, 0.15) is 45.1 Å². The SMILES string of the molecule is CCCCCC(C)(O)Cc1cccc(Cl)c1. The van der Waals surface area contributed by atoms with Crippen LogP contribution in [-0.4, -0.2) is 10.7 Å². The molecule has 0 heterocycles. The minimum Gasteiger partial charge on any atom is -0.390 e. The fraction of sp³-hybridized carbons (Fsp3) is 0.571. The first-order chi connectivity index (χ1) is 7.53. The zero-order chi connectivity index (χ0) is 12.0. The van der Waals surface area contributed by atoms with E-state index in [0.717, 1.165) is 23.4 Å². The summed E-state index contributed by atoms with van der Waals surface area (Å²) in [7, 11) is 0. The maximum Gasteiger partial charge on any atom is 0.0660 e. The minimum absolute atomic E-state index is 0.611. The summed E-state index contributed by atoms with van der Waals surface area (Å²) in [6.07, 6.45) is 4.99. The molecule has 0 saturated heterocycles. The Morgan fingerprint density at radius 1 is 1.31 bits per heavy atom. The van der Waals surface area contributed by atoms with Crippen molar-refractivity contribution < 1.29 is 5.11 Å². The fourth-order valence-electron chi connectivity index (χ4n) is 1.93. The lowest BCUT2D eigenvalue weighted by atomic mass is 9.91. The van der Waals surface area contributed by atoms with Crippen molar-refractivity contribution in [3.05, 3.63) is 34.9 Å². The number of hydrogen-bond donors (Lipinski definition) is 1. The lowest BCUT2D eigenvalue weighted by Crippen LogP contribution is -2.26. The maximum absolute atomic E-state index is 10.2. The Hall–Kier alpha value is -0.530. The lowest BCUT2D eigenvalue weighted by Gasteiger charge is -2.23. The quantitative estimate of drug-likeness (QED) is 0.739. The molecule has 16 heavy (non-hydrogen) atoms. The third kappa shape index (κ3) is 5.00. The van der Waals surface area contributed by atoms with Crippen molar-refractivity contribution in [1.29, 1.82) is 0 Å². The zero-order valence-corrected chi connectivity index (χ0v) is 10.9. The molecule has 1 N–H and O–H groups in total. The number of unbranched alkanes of at least 4 members (excludes halogenated alkanes) is 2. The van der Waals surface area contributed by atoms with E-state index in [1.807, 2.05) is 31.2 Å². The lowest BCUT2D eigenvalue weighted by molar-refractivity contribution is 0.0486. The first-order valence-electron chi connectivity index (χ1n) is 6.00. The Morgan fingerprint density at radius 3 is 2.69 bits per heavy atom. The van der Waals surface area contributed by atoms with Gasteiger partial charge >= 0.3 is 0 Å². The van der Waals surface area contributed by atoms with Gasteiger partial charge in [0.2, 0.25) is 0 Å². The zero-order valence-electron chi connectivity index (χ0n) is 10.2. The van der Waals surface area contributed by atoms with E-state index in [4.69, 9.17) is 11.6 Å². The van der Waals surface area contributed by atoms with Gasteiger partial charge in [0.15, 0.2) is 0 Å². The Bertz CT molecular complexity index is 320. The topological polar surface area (TPSA) is 20.2 Å². The molecule has 0 spiro atoms. The molecule has 90 valence electrons. The summed E-state index contributed by atoms with van der Waals surface area (Å²) in [6, 6.07) is 7.73. The molecule has 0 aliphatic heterocycles. The van der Waals surface area contributed by atoms with Gasteiger partial charge in [0.25, 0.3) is 0 Å². The van der Waals surface area contributed by atoms with Gasteiger partial charge in [-0.2, -0.15) is 0 Å². The van der Waals surface area contributed by atoms with Crippen LogP contribution in [0.2, 0.25) is 5.02 Å². The van der Waals surface area contributed by atoms with Gasteiger partial charge in [-0.05, 0) is 31.0 Å². The van der Waals surface area contributed by atoms with E-state index in [-0.39, 0.29) is 0 Å². The second kappa shape index (κ2) is 6.27. The van der Waals surface area contributed by atoms with Crippen molar-refractivity contribution in [3.8, 4) is 0 Å². The number of halogens is 1. The Kier molecular flexibility index (Phi) is 5.30. The summed E-state index contributed by atoms with van der Waals surface area (Å²) < 4.78 is 0. The molecule has 0 radical (unpaired) electrons. The molecule has 1 rings (SSSR count). The molecule has 0 aliphatic rings. The van der Waals surface area contributed by atoms with Crippen molar-refractivity contribution in [2.45, 2.75) is 51.6 Å². The number of aliphatic hydroxyl groups is 1. The van der Waals surface area contributed by atoms with Crippen LogP contribution >= 0.6 is 11.6 Å². The Labute approximate surface area is 103 Å². The molecule has 0 aromatic heterocycles. The van der Waals surface area contributed by atoms with Gasteiger partial charge in [-0.15, -0.1) is 0 Å². The Balaban J connectivity index is 2.51. The van der Waals surface area contributed by atoms with Gasteiger partial charge in [0.1, 0.15) is 0 Å². The van der Waals surface area contributed by atoms with Crippen molar-refractivity contribution in [2.75, 3.05) is 0 Å². The average Bonchev–Trinajstić information content (AvgIpc) is 2.17. The first kappa shape index (κ1) is 13.5. The molecule has 2 heteroatoms. The summed E-state index contributed by atoms with van der Waals surface area (Å²) >= 11 is 5.92. The monoisotopic (exact) mass is 240 g/mol. The van der Waals surface area contributed by atoms with Gasteiger partial charge in [-0.3, -0.25) is 0 Å². The highest BCUT2D eigenvalue weighted by molar-refractivity contribution is 6.30. The van der Waals surface area contributed by atoms with Crippen molar-refractivity contribution >= 4 is 11.6 Å². The molecule has 0 aliphatic carbocycles. The normalized spacial score (nSPS) is 14.8. The van der Waals surface area contributed by atoms with Crippen molar-refractivity contribution in [1.82, 2.24) is 0 Å². The van der Waals surface area contributed by atoms with E-state index in [0.29, 0.717) is 6.42 Å². The maximum atomic E-state index is 10.2. The molecule has 1 unspecified atom stereocenters. The number of hydrogen-bond acceptors (Lipinski definition) is 1. The van der Waals surface area contributed by atoms with E-state index in [2.05, 4.69) is 6.92 Å². The van der Waals surface area contributed by atoms with Crippen LogP contribution in [0.4, 0.5) is 0 Å². The Morgan fingerprint density at radius 2 is 2.06 bits per heavy atom. The predicted octanol–water partition coefficient (Wildman–Crippen LogP) is 4.21. The van der Waals surface area contributed by atoms with Gasteiger partial charge in [-0.1, -0.05) is 49.9 Å². The molecule has 0 fully saturated rings. The van der Waals surface area contributed by atoms with Crippen molar-refractivity contribution in [2.24, 2.45) is 0 Å². The molecule has 1 aromatic rings. The third-order valence-corrected chi connectivity index (χ3v) is 3.03. The molecule has 0 amide bonds. The fourth-order valence-corrected chi connectivity index (χ4v) is 2.14. The molecule has 0 bridgehead atoms. The third-order valence-electron chi connectivity index (χ3n) is 2.79. The second-order valence-corrected chi connectivity index (χ2v) is 5.20. The highest BCUT2D eigenvalue weighted by Crippen LogP contribution is 2.21. The summed E-state index contributed by atoms with van der Waals surface area (Å²) in [4.78, 5) is 0. The van der Waals surface area contributed by atoms with Crippen LogP contribution in [0.3, 0.4) is 0 Å². The molecule has 1 aromatic carbocycles. The number of rotatable bonds is 6. The van der Waals surface area contributed by atoms with E-state index < -0.39 is 5.60 Å². The van der Waals surface area contributed by atoms with E-state index in [1.165, 1.54) is 12.8 Å². The summed E-state index contributed by atoms with van der Waals surface area (Å²) in [5.41, 5.74) is 0.494. The van der Waals surface area contributed by atoms with Gasteiger partial charge in [0, 0.05) is 11.4 Å². The molecule has 1 atom stereocenters. The van der Waals surface area contributed by atoms with E-state index >= 15 is 0 Å². The van der Waals surface area contributed by atoms with Gasteiger partial charge < -0.3 is 5.11 Å².